The summed E-state index contributed by atoms with van der Waals surface area (Å²) in [7, 11) is 0. The second-order valence-corrected chi connectivity index (χ2v) is 6.45. The maximum Gasteiger partial charge on any atom is 0.230 e. The van der Waals surface area contributed by atoms with Crippen molar-refractivity contribution in [3.8, 4) is 11.6 Å². The molecule has 1 aliphatic heterocycles. The molecule has 0 radical (unpaired) electrons. The number of aromatic nitrogens is 1. The van der Waals surface area contributed by atoms with Crippen LogP contribution in [0.2, 0.25) is 0 Å². The molecule has 1 aliphatic rings. The van der Waals surface area contributed by atoms with Crippen molar-refractivity contribution >= 4 is 5.84 Å². The van der Waals surface area contributed by atoms with Crippen LogP contribution in [0.25, 0.3) is 0 Å². The second kappa shape index (κ2) is 9.45. The SMILES string of the molecule is Cc1cccc(Oc2ncccc2C(=NCCN2CCOCC2)NO)c1C. The first-order valence-corrected chi connectivity index (χ1v) is 9.13. The molecule has 0 atom stereocenters. The van der Waals surface area contributed by atoms with Gasteiger partial charge in [0.15, 0.2) is 5.84 Å². The molecule has 3 rings (SSSR count). The van der Waals surface area contributed by atoms with Crippen LogP contribution >= 0.6 is 0 Å². The van der Waals surface area contributed by atoms with Gasteiger partial charge in [-0.25, -0.2) is 4.98 Å². The van der Waals surface area contributed by atoms with Gasteiger partial charge in [-0.05, 0) is 43.2 Å². The van der Waals surface area contributed by atoms with Crippen molar-refractivity contribution in [1.82, 2.24) is 15.4 Å². The van der Waals surface area contributed by atoms with Crippen molar-refractivity contribution in [2.75, 3.05) is 39.4 Å². The van der Waals surface area contributed by atoms with Crippen LogP contribution in [0, 0.1) is 13.8 Å². The third-order valence-corrected chi connectivity index (χ3v) is 4.68. The number of morpholine rings is 1. The van der Waals surface area contributed by atoms with Gasteiger partial charge in [-0.15, -0.1) is 0 Å². The van der Waals surface area contributed by atoms with Gasteiger partial charge in [0.25, 0.3) is 0 Å². The highest BCUT2D eigenvalue weighted by atomic mass is 16.5. The van der Waals surface area contributed by atoms with Crippen LogP contribution in [-0.2, 0) is 4.74 Å². The number of hydrogen-bond donors (Lipinski definition) is 2. The lowest BCUT2D eigenvalue weighted by atomic mass is 10.1. The number of hydroxylamine groups is 1. The zero-order valence-electron chi connectivity index (χ0n) is 15.8. The lowest BCUT2D eigenvalue weighted by Gasteiger charge is -2.25. The summed E-state index contributed by atoms with van der Waals surface area (Å²) >= 11 is 0. The van der Waals surface area contributed by atoms with Gasteiger partial charge in [-0.2, -0.15) is 0 Å². The van der Waals surface area contributed by atoms with Crippen molar-refractivity contribution in [3.63, 3.8) is 0 Å². The van der Waals surface area contributed by atoms with Gasteiger partial charge >= 0.3 is 0 Å². The lowest BCUT2D eigenvalue weighted by molar-refractivity contribution is 0.0394. The number of nitrogens with zero attached hydrogens (tertiary/aromatic N) is 3. The monoisotopic (exact) mass is 370 g/mol. The number of aryl methyl sites for hydroxylation is 1. The zero-order valence-corrected chi connectivity index (χ0v) is 15.8. The highest BCUT2D eigenvalue weighted by molar-refractivity contribution is 6.00. The average Bonchev–Trinajstić information content (AvgIpc) is 2.70. The van der Waals surface area contributed by atoms with E-state index < -0.39 is 0 Å². The summed E-state index contributed by atoms with van der Waals surface area (Å²) in [4.78, 5) is 11.1. The topological polar surface area (TPSA) is 79.2 Å². The van der Waals surface area contributed by atoms with E-state index in [0.29, 0.717) is 23.8 Å². The second-order valence-electron chi connectivity index (χ2n) is 6.45. The van der Waals surface area contributed by atoms with Crippen LogP contribution < -0.4 is 10.2 Å². The van der Waals surface area contributed by atoms with Gasteiger partial charge in [0, 0.05) is 25.8 Å². The fourth-order valence-corrected chi connectivity index (χ4v) is 2.90. The number of benzene rings is 1. The normalized spacial score (nSPS) is 15.6. The molecule has 27 heavy (non-hydrogen) atoms. The first-order valence-electron chi connectivity index (χ1n) is 9.13. The highest BCUT2D eigenvalue weighted by Crippen LogP contribution is 2.27. The maximum absolute atomic E-state index is 9.61. The Kier molecular flexibility index (Phi) is 6.75. The molecule has 0 saturated carbocycles. The number of aliphatic imine (C=N–C) groups is 1. The molecule has 144 valence electrons. The van der Waals surface area contributed by atoms with Crippen LogP contribution in [0.3, 0.4) is 0 Å². The fourth-order valence-electron chi connectivity index (χ4n) is 2.90. The average molecular weight is 370 g/mol. The van der Waals surface area contributed by atoms with E-state index in [1.165, 1.54) is 0 Å². The largest absolute Gasteiger partial charge is 0.438 e. The number of hydrogen-bond acceptors (Lipinski definition) is 6. The molecule has 0 aliphatic carbocycles. The molecule has 0 amide bonds. The highest BCUT2D eigenvalue weighted by Gasteiger charge is 2.14. The summed E-state index contributed by atoms with van der Waals surface area (Å²) in [5, 5.41) is 9.61. The van der Waals surface area contributed by atoms with Gasteiger partial charge in [-0.1, -0.05) is 12.1 Å². The minimum Gasteiger partial charge on any atom is -0.438 e. The van der Waals surface area contributed by atoms with E-state index in [-0.39, 0.29) is 0 Å². The van der Waals surface area contributed by atoms with Crippen molar-refractivity contribution in [2.45, 2.75) is 13.8 Å². The van der Waals surface area contributed by atoms with Crippen molar-refractivity contribution in [1.29, 1.82) is 0 Å². The standard InChI is InChI=1S/C20H26N4O3/c1-15-5-3-7-18(16(15)2)27-20-17(6-4-8-22-20)19(23-25)21-9-10-24-11-13-26-14-12-24/h3-8,25H,9-14H2,1-2H3,(H,21,23). The van der Waals surface area contributed by atoms with Crippen LogP contribution in [0.1, 0.15) is 16.7 Å². The van der Waals surface area contributed by atoms with Crippen molar-refractivity contribution in [2.24, 2.45) is 4.99 Å². The first kappa shape index (κ1) is 19.3. The first-order chi connectivity index (χ1) is 13.2. The Labute approximate surface area is 159 Å². The number of pyridine rings is 1. The number of amidine groups is 1. The Balaban J connectivity index is 1.76. The molecule has 0 spiro atoms. The molecule has 1 aromatic heterocycles. The molecular formula is C20H26N4O3. The fraction of sp³-hybridized carbons (Fsp3) is 0.400. The molecule has 2 N–H and O–H groups in total. The molecule has 7 heteroatoms. The summed E-state index contributed by atoms with van der Waals surface area (Å²) in [6, 6.07) is 9.50. The molecule has 1 aromatic carbocycles. The quantitative estimate of drug-likeness (QED) is 0.462. The van der Waals surface area contributed by atoms with Crippen molar-refractivity contribution in [3.05, 3.63) is 53.2 Å². The van der Waals surface area contributed by atoms with E-state index in [4.69, 9.17) is 9.47 Å². The summed E-state index contributed by atoms with van der Waals surface area (Å²) in [6.07, 6.45) is 1.66. The summed E-state index contributed by atoms with van der Waals surface area (Å²) in [5.74, 6) is 1.48. The van der Waals surface area contributed by atoms with Gasteiger partial charge in [0.05, 0.1) is 25.3 Å². The predicted octanol–water partition coefficient (Wildman–Crippen LogP) is 2.55. The molecule has 1 saturated heterocycles. The minimum absolute atomic E-state index is 0.344. The molecule has 0 bridgehead atoms. The van der Waals surface area contributed by atoms with E-state index in [1.54, 1.807) is 12.3 Å². The Morgan fingerprint density at radius 2 is 2.07 bits per heavy atom. The smallest absolute Gasteiger partial charge is 0.230 e. The number of rotatable bonds is 6. The van der Waals surface area contributed by atoms with E-state index in [9.17, 15) is 5.21 Å². The molecular weight excluding hydrogens is 344 g/mol. The third kappa shape index (κ3) is 5.03. The molecule has 1 fully saturated rings. The van der Waals surface area contributed by atoms with Gasteiger partial charge < -0.3 is 9.47 Å². The molecule has 0 unspecified atom stereocenters. The number of ether oxygens (including phenoxy) is 2. The number of nitrogens with one attached hydrogen (secondary N) is 1. The van der Waals surface area contributed by atoms with Crippen LogP contribution in [0.15, 0.2) is 41.5 Å². The summed E-state index contributed by atoms with van der Waals surface area (Å²) in [5.41, 5.74) is 5.00. The molecule has 2 heterocycles. The van der Waals surface area contributed by atoms with Gasteiger partial charge in [0.2, 0.25) is 5.88 Å². The zero-order chi connectivity index (χ0) is 19.1. The minimum atomic E-state index is 0.344. The van der Waals surface area contributed by atoms with Crippen LogP contribution in [-0.4, -0.2) is 60.3 Å². The lowest BCUT2D eigenvalue weighted by Crippen LogP contribution is -2.38. The van der Waals surface area contributed by atoms with E-state index in [0.717, 1.165) is 49.7 Å². The summed E-state index contributed by atoms with van der Waals surface area (Å²) < 4.78 is 11.4. The Bertz CT molecular complexity index is 789. The predicted molar refractivity (Wildman–Crippen MR) is 104 cm³/mol. The summed E-state index contributed by atoms with van der Waals surface area (Å²) in [6.45, 7) is 8.74. The van der Waals surface area contributed by atoms with Crippen molar-refractivity contribution < 1.29 is 14.7 Å². The van der Waals surface area contributed by atoms with E-state index in [1.807, 2.05) is 38.1 Å². The van der Waals surface area contributed by atoms with Crippen LogP contribution in [0.4, 0.5) is 0 Å². The third-order valence-electron chi connectivity index (χ3n) is 4.68. The maximum atomic E-state index is 9.61. The Morgan fingerprint density at radius 3 is 2.85 bits per heavy atom. The van der Waals surface area contributed by atoms with E-state index in [2.05, 4.69) is 20.4 Å². The molecule has 2 aromatic rings. The van der Waals surface area contributed by atoms with Gasteiger partial charge in [0.1, 0.15) is 5.75 Å². The van der Waals surface area contributed by atoms with E-state index >= 15 is 0 Å². The molecule has 7 nitrogen and oxygen atoms in total. The van der Waals surface area contributed by atoms with Crippen LogP contribution in [0.5, 0.6) is 11.6 Å². The Hall–Kier alpha value is -2.48. The van der Waals surface area contributed by atoms with Gasteiger partial charge in [-0.3, -0.25) is 20.6 Å². The Morgan fingerprint density at radius 1 is 1.26 bits per heavy atom.